The first-order chi connectivity index (χ1) is 8.49. The van der Waals surface area contributed by atoms with E-state index in [1.54, 1.807) is 17.0 Å². The summed E-state index contributed by atoms with van der Waals surface area (Å²) in [6.45, 7) is 6.68. The zero-order valence-electron chi connectivity index (χ0n) is 11.4. The first-order valence-corrected chi connectivity index (χ1v) is 6.10. The first kappa shape index (κ1) is 14.5. The highest BCUT2D eigenvalue weighted by atomic mass is 19.1. The van der Waals surface area contributed by atoms with Gasteiger partial charge >= 0.3 is 0 Å². The largest absolute Gasteiger partial charge is 0.494 e. The Morgan fingerprint density at radius 3 is 2.56 bits per heavy atom. The summed E-state index contributed by atoms with van der Waals surface area (Å²) in [4.78, 5) is 13.6. The van der Waals surface area contributed by atoms with E-state index in [1.165, 1.54) is 13.2 Å². The Balaban J connectivity index is 2.82. The van der Waals surface area contributed by atoms with Crippen LogP contribution in [0, 0.1) is 11.7 Å². The molecule has 1 amide bonds. The van der Waals surface area contributed by atoms with Crippen LogP contribution in [0.1, 0.15) is 26.3 Å². The third-order valence-corrected chi connectivity index (χ3v) is 2.78. The van der Waals surface area contributed by atoms with Crippen LogP contribution in [0.2, 0.25) is 0 Å². The van der Waals surface area contributed by atoms with Gasteiger partial charge in [0.05, 0.1) is 7.11 Å². The normalized spacial score (nSPS) is 10.6. The number of hydrogen-bond acceptors (Lipinski definition) is 2. The molecule has 1 rings (SSSR count). The van der Waals surface area contributed by atoms with Crippen LogP contribution in [0.25, 0.3) is 0 Å². The summed E-state index contributed by atoms with van der Waals surface area (Å²) < 4.78 is 18.4. The van der Waals surface area contributed by atoms with Crippen molar-refractivity contribution in [3.63, 3.8) is 0 Å². The average Bonchev–Trinajstić information content (AvgIpc) is 2.35. The lowest BCUT2D eigenvalue weighted by atomic mass is 10.1. The SMILES string of the molecule is CCN(Cc1ccc(OC)c(F)c1)C(=O)C(C)C. The van der Waals surface area contributed by atoms with Crippen molar-refractivity contribution in [3.05, 3.63) is 29.6 Å². The van der Waals surface area contributed by atoms with Crippen LogP contribution in [0.4, 0.5) is 4.39 Å². The van der Waals surface area contributed by atoms with E-state index in [0.29, 0.717) is 13.1 Å². The molecule has 0 atom stereocenters. The number of carbonyl (C=O) groups is 1. The van der Waals surface area contributed by atoms with Crippen LogP contribution in [0.5, 0.6) is 5.75 Å². The zero-order chi connectivity index (χ0) is 13.7. The maximum Gasteiger partial charge on any atom is 0.225 e. The van der Waals surface area contributed by atoms with Gasteiger partial charge in [-0.2, -0.15) is 0 Å². The molecule has 0 bridgehead atoms. The maximum atomic E-state index is 13.5. The predicted molar refractivity (Wildman–Crippen MR) is 68.9 cm³/mol. The zero-order valence-corrected chi connectivity index (χ0v) is 11.4. The van der Waals surface area contributed by atoms with Gasteiger partial charge in [0.1, 0.15) is 0 Å². The number of benzene rings is 1. The molecule has 100 valence electrons. The topological polar surface area (TPSA) is 29.5 Å². The van der Waals surface area contributed by atoms with E-state index in [0.717, 1.165) is 5.56 Å². The molecule has 0 aliphatic heterocycles. The summed E-state index contributed by atoms with van der Waals surface area (Å²) in [6, 6.07) is 4.77. The van der Waals surface area contributed by atoms with E-state index in [-0.39, 0.29) is 17.6 Å². The van der Waals surface area contributed by atoms with E-state index in [4.69, 9.17) is 4.74 Å². The first-order valence-electron chi connectivity index (χ1n) is 6.10. The molecule has 0 radical (unpaired) electrons. The van der Waals surface area contributed by atoms with Gasteiger partial charge < -0.3 is 9.64 Å². The van der Waals surface area contributed by atoms with Gasteiger partial charge in [-0.15, -0.1) is 0 Å². The number of nitrogens with zero attached hydrogens (tertiary/aromatic N) is 1. The third kappa shape index (κ3) is 3.45. The second-order valence-electron chi connectivity index (χ2n) is 4.48. The number of ether oxygens (including phenoxy) is 1. The van der Waals surface area contributed by atoms with E-state index in [9.17, 15) is 9.18 Å². The highest BCUT2D eigenvalue weighted by molar-refractivity contribution is 5.78. The van der Waals surface area contributed by atoms with Crippen molar-refractivity contribution in [1.29, 1.82) is 0 Å². The number of rotatable bonds is 5. The standard InChI is InChI=1S/C14H20FNO2/c1-5-16(14(17)10(2)3)9-11-6-7-13(18-4)12(15)8-11/h6-8,10H,5,9H2,1-4H3. The summed E-state index contributed by atoms with van der Waals surface area (Å²) in [5, 5.41) is 0. The number of hydrogen-bond donors (Lipinski definition) is 0. The van der Waals surface area contributed by atoms with Crippen molar-refractivity contribution in [2.24, 2.45) is 5.92 Å². The lowest BCUT2D eigenvalue weighted by molar-refractivity contribution is -0.134. The molecule has 18 heavy (non-hydrogen) atoms. The molecule has 4 heteroatoms. The summed E-state index contributed by atoms with van der Waals surface area (Å²) in [5.74, 6) is -0.151. The molecule has 0 aliphatic carbocycles. The van der Waals surface area contributed by atoms with Gasteiger partial charge in [0.25, 0.3) is 0 Å². The van der Waals surface area contributed by atoms with Gasteiger partial charge in [-0.25, -0.2) is 4.39 Å². The van der Waals surface area contributed by atoms with E-state index in [2.05, 4.69) is 0 Å². The number of methoxy groups -OCH3 is 1. The van der Waals surface area contributed by atoms with Crippen molar-refractivity contribution in [2.45, 2.75) is 27.3 Å². The molecule has 0 N–H and O–H groups in total. The van der Waals surface area contributed by atoms with Crippen molar-refractivity contribution in [2.75, 3.05) is 13.7 Å². The van der Waals surface area contributed by atoms with Crippen LogP contribution in [-0.2, 0) is 11.3 Å². The molecule has 0 aliphatic rings. The Bertz CT molecular complexity index is 418. The Morgan fingerprint density at radius 2 is 2.11 bits per heavy atom. The smallest absolute Gasteiger partial charge is 0.225 e. The maximum absolute atomic E-state index is 13.5. The molecule has 0 saturated heterocycles. The average molecular weight is 253 g/mol. The van der Waals surface area contributed by atoms with Crippen LogP contribution >= 0.6 is 0 Å². The van der Waals surface area contributed by atoms with E-state index >= 15 is 0 Å². The van der Waals surface area contributed by atoms with Crippen molar-refractivity contribution < 1.29 is 13.9 Å². The fraction of sp³-hybridized carbons (Fsp3) is 0.500. The van der Waals surface area contributed by atoms with Gasteiger partial charge in [-0.05, 0) is 24.6 Å². The summed E-state index contributed by atoms with van der Waals surface area (Å²) in [7, 11) is 1.43. The molecule has 1 aromatic carbocycles. The van der Waals surface area contributed by atoms with Crippen molar-refractivity contribution in [3.8, 4) is 5.75 Å². The molecular weight excluding hydrogens is 233 g/mol. The quantitative estimate of drug-likeness (QED) is 0.807. The van der Waals surface area contributed by atoms with Crippen molar-refractivity contribution >= 4 is 5.91 Å². The fourth-order valence-electron chi connectivity index (χ4n) is 1.74. The highest BCUT2D eigenvalue weighted by Crippen LogP contribution is 2.19. The van der Waals surface area contributed by atoms with Gasteiger partial charge in [0.15, 0.2) is 11.6 Å². The van der Waals surface area contributed by atoms with Crippen LogP contribution < -0.4 is 4.74 Å². The van der Waals surface area contributed by atoms with Crippen LogP contribution in [-0.4, -0.2) is 24.5 Å². The molecule has 3 nitrogen and oxygen atoms in total. The minimum atomic E-state index is -0.400. The number of amides is 1. The predicted octanol–water partition coefficient (Wildman–Crippen LogP) is 2.84. The Hall–Kier alpha value is -1.58. The lowest BCUT2D eigenvalue weighted by Gasteiger charge is -2.23. The molecular formula is C14H20FNO2. The number of halogens is 1. The Kier molecular flexibility index (Phi) is 5.13. The minimum Gasteiger partial charge on any atom is -0.494 e. The van der Waals surface area contributed by atoms with E-state index < -0.39 is 5.82 Å². The van der Waals surface area contributed by atoms with Gasteiger partial charge in [0, 0.05) is 19.0 Å². The monoisotopic (exact) mass is 253 g/mol. The highest BCUT2D eigenvalue weighted by Gasteiger charge is 2.16. The summed E-state index contributed by atoms with van der Waals surface area (Å²) in [6.07, 6.45) is 0. The van der Waals surface area contributed by atoms with Crippen molar-refractivity contribution in [1.82, 2.24) is 4.90 Å². The van der Waals surface area contributed by atoms with E-state index in [1.807, 2.05) is 20.8 Å². The molecule has 0 saturated carbocycles. The van der Waals surface area contributed by atoms with Gasteiger partial charge in [-0.3, -0.25) is 4.79 Å². The second-order valence-corrected chi connectivity index (χ2v) is 4.48. The minimum absolute atomic E-state index is 0.0481. The van der Waals surface area contributed by atoms with Crippen LogP contribution in [0.3, 0.4) is 0 Å². The van der Waals surface area contributed by atoms with Gasteiger partial charge in [-0.1, -0.05) is 19.9 Å². The molecule has 0 aromatic heterocycles. The Morgan fingerprint density at radius 1 is 1.44 bits per heavy atom. The lowest BCUT2D eigenvalue weighted by Crippen LogP contribution is -2.33. The van der Waals surface area contributed by atoms with Crippen LogP contribution in [0.15, 0.2) is 18.2 Å². The fourth-order valence-corrected chi connectivity index (χ4v) is 1.74. The second kappa shape index (κ2) is 6.38. The molecule has 0 fully saturated rings. The molecule has 0 spiro atoms. The Labute approximate surface area is 108 Å². The molecule has 0 unspecified atom stereocenters. The molecule has 1 aromatic rings. The summed E-state index contributed by atoms with van der Waals surface area (Å²) >= 11 is 0. The third-order valence-electron chi connectivity index (χ3n) is 2.78. The summed E-state index contributed by atoms with van der Waals surface area (Å²) in [5.41, 5.74) is 0.768. The molecule has 0 heterocycles. The van der Waals surface area contributed by atoms with Gasteiger partial charge in [0.2, 0.25) is 5.91 Å². The number of carbonyl (C=O) groups excluding carboxylic acids is 1.